The van der Waals surface area contributed by atoms with Gasteiger partial charge in [-0.1, -0.05) is 12.1 Å². The van der Waals surface area contributed by atoms with Crippen LogP contribution in [0.25, 0.3) is 5.78 Å². The number of anilines is 1. The molecule has 10 heteroatoms. The molecule has 4 rings (SSSR count). The molecule has 3 aromatic rings. The van der Waals surface area contributed by atoms with E-state index in [1.54, 1.807) is 25.1 Å². The highest BCUT2D eigenvalue weighted by molar-refractivity contribution is 5.49. The van der Waals surface area contributed by atoms with Crippen LogP contribution in [-0.2, 0) is 6.18 Å². The van der Waals surface area contributed by atoms with E-state index in [-0.39, 0.29) is 30.0 Å². The van der Waals surface area contributed by atoms with Crippen LogP contribution in [-0.4, -0.2) is 26.2 Å². The number of fused-ring (bicyclic) bond motifs is 2. The van der Waals surface area contributed by atoms with Crippen LogP contribution in [0.3, 0.4) is 0 Å². The lowest BCUT2D eigenvalue weighted by atomic mass is 10.0. The Kier molecular flexibility index (Phi) is 3.70. The molecule has 3 heterocycles. The standard InChI is InChI=1S/C16H13F4N5O/c1-8-7-12(25-15(21-8)23-14(24-25)16(18,19)20)22-11-5-6-26-13-9(11)3-2-4-10(13)17/h2-4,7,11,22H,5-6H2,1H3/t11-/m0/s1. The highest BCUT2D eigenvalue weighted by atomic mass is 19.4. The zero-order valence-corrected chi connectivity index (χ0v) is 13.5. The van der Waals surface area contributed by atoms with Crippen molar-refractivity contribution in [2.75, 3.05) is 11.9 Å². The molecule has 0 radical (unpaired) electrons. The Morgan fingerprint density at radius 3 is 2.85 bits per heavy atom. The molecule has 0 bridgehead atoms. The lowest BCUT2D eigenvalue weighted by Crippen LogP contribution is -2.22. The molecule has 6 nitrogen and oxygen atoms in total. The number of alkyl halides is 3. The molecule has 1 aliphatic rings. The van der Waals surface area contributed by atoms with Gasteiger partial charge in [-0.3, -0.25) is 0 Å². The number of halogens is 4. The van der Waals surface area contributed by atoms with Crippen LogP contribution in [0.5, 0.6) is 5.75 Å². The van der Waals surface area contributed by atoms with Gasteiger partial charge in [-0.25, -0.2) is 9.37 Å². The third-order valence-corrected chi connectivity index (χ3v) is 4.04. The maximum absolute atomic E-state index is 13.9. The van der Waals surface area contributed by atoms with Crippen molar-refractivity contribution in [3.63, 3.8) is 0 Å². The van der Waals surface area contributed by atoms with Gasteiger partial charge in [0.2, 0.25) is 0 Å². The van der Waals surface area contributed by atoms with Gasteiger partial charge in [-0.05, 0) is 13.0 Å². The summed E-state index contributed by atoms with van der Waals surface area (Å²) in [5, 5.41) is 6.63. The molecule has 0 spiro atoms. The van der Waals surface area contributed by atoms with Crippen molar-refractivity contribution in [1.82, 2.24) is 19.6 Å². The molecular weight excluding hydrogens is 354 g/mol. The second-order valence-electron chi connectivity index (χ2n) is 5.92. The van der Waals surface area contributed by atoms with Crippen LogP contribution in [0.15, 0.2) is 24.3 Å². The van der Waals surface area contributed by atoms with Gasteiger partial charge >= 0.3 is 6.18 Å². The average molecular weight is 367 g/mol. The van der Waals surface area contributed by atoms with Crippen LogP contribution >= 0.6 is 0 Å². The Morgan fingerprint density at radius 2 is 2.08 bits per heavy atom. The minimum Gasteiger partial charge on any atom is -0.490 e. The number of ether oxygens (including phenoxy) is 1. The van der Waals surface area contributed by atoms with Crippen molar-refractivity contribution >= 4 is 11.6 Å². The number of aromatic nitrogens is 4. The van der Waals surface area contributed by atoms with Crippen LogP contribution < -0.4 is 10.1 Å². The van der Waals surface area contributed by atoms with E-state index in [9.17, 15) is 17.6 Å². The third kappa shape index (κ3) is 2.80. The zero-order valence-electron chi connectivity index (χ0n) is 13.5. The molecule has 1 atom stereocenters. The Balaban J connectivity index is 1.77. The molecule has 0 amide bonds. The topological polar surface area (TPSA) is 64.3 Å². The van der Waals surface area contributed by atoms with Crippen molar-refractivity contribution in [3.05, 3.63) is 47.2 Å². The van der Waals surface area contributed by atoms with E-state index < -0.39 is 17.8 Å². The first-order valence-corrected chi connectivity index (χ1v) is 7.82. The fourth-order valence-corrected chi connectivity index (χ4v) is 2.92. The van der Waals surface area contributed by atoms with Crippen molar-refractivity contribution in [3.8, 4) is 5.75 Å². The molecule has 0 fully saturated rings. The first kappa shape index (κ1) is 16.6. The quantitative estimate of drug-likeness (QED) is 0.702. The number of hydrogen-bond acceptors (Lipinski definition) is 5. The van der Waals surface area contributed by atoms with Crippen molar-refractivity contribution < 1.29 is 22.3 Å². The summed E-state index contributed by atoms with van der Waals surface area (Å²) >= 11 is 0. The molecule has 2 aromatic heterocycles. The molecule has 1 aliphatic heterocycles. The predicted molar refractivity (Wildman–Crippen MR) is 83.4 cm³/mol. The summed E-state index contributed by atoms with van der Waals surface area (Å²) < 4.78 is 59.0. The molecule has 0 saturated heterocycles. The van der Waals surface area contributed by atoms with Crippen LogP contribution in [0.1, 0.15) is 29.5 Å². The number of nitrogens with zero attached hydrogens (tertiary/aromatic N) is 4. The lowest BCUT2D eigenvalue weighted by Gasteiger charge is -2.27. The van der Waals surface area contributed by atoms with Gasteiger partial charge in [0, 0.05) is 23.7 Å². The number of hydrogen-bond donors (Lipinski definition) is 1. The highest BCUT2D eigenvalue weighted by Gasteiger charge is 2.37. The molecular formula is C16H13F4N5O. The summed E-state index contributed by atoms with van der Waals surface area (Å²) in [4.78, 5) is 7.43. The summed E-state index contributed by atoms with van der Waals surface area (Å²) in [7, 11) is 0. The van der Waals surface area contributed by atoms with E-state index in [0.29, 0.717) is 17.7 Å². The van der Waals surface area contributed by atoms with Crippen LogP contribution in [0, 0.1) is 12.7 Å². The lowest BCUT2D eigenvalue weighted by molar-refractivity contribution is -0.144. The maximum atomic E-state index is 13.9. The smallest absolute Gasteiger partial charge is 0.453 e. The van der Waals surface area contributed by atoms with Gasteiger partial charge in [0.25, 0.3) is 11.6 Å². The van der Waals surface area contributed by atoms with Gasteiger partial charge in [0.1, 0.15) is 5.82 Å². The zero-order chi connectivity index (χ0) is 18.5. The molecule has 0 aliphatic carbocycles. The highest BCUT2D eigenvalue weighted by Crippen LogP contribution is 2.36. The van der Waals surface area contributed by atoms with Crippen LogP contribution in [0.4, 0.5) is 23.4 Å². The Morgan fingerprint density at radius 1 is 1.27 bits per heavy atom. The van der Waals surface area contributed by atoms with Crippen LogP contribution in [0.2, 0.25) is 0 Å². The van der Waals surface area contributed by atoms with Crippen molar-refractivity contribution in [2.45, 2.75) is 25.6 Å². The Hall–Kier alpha value is -2.91. The summed E-state index contributed by atoms with van der Waals surface area (Å²) in [5.41, 5.74) is 1.07. The first-order valence-electron chi connectivity index (χ1n) is 7.82. The predicted octanol–water partition coefficient (Wildman–Crippen LogP) is 3.53. The number of benzene rings is 1. The fraction of sp³-hybridized carbons (Fsp3) is 0.312. The summed E-state index contributed by atoms with van der Waals surface area (Å²) in [6.45, 7) is 1.93. The Bertz CT molecular complexity index is 985. The minimum atomic E-state index is -4.67. The molecule has 1 N–H and O–H groups in total. The van der Waals surface area contributed by atoms with Gasteiger partial charge in [0.15, 0.2) is 11.6 Å². The number of para-hydroxylation sites is 1. The van der Waals surface area contributed by atoms with E-state index in [1.165, 1.54) is 6.07 Å². The molecule has 0 unspecified atom stereocenters. The van der Waals surface area contributed by atoms with E-state index in [0.717, 1.165) is 4.52 Å². The fourth-order valence-electron chi connectivity index (χ4n) is 2.92. The molecule has 1 aromatic carbocycles. The van der Waals surface area contributed by atoms with Crippen molar-refractivity contribution in [2.24, 2.45) is 0 Å². The molecule has 26 heavy (non-hydrogen) atoms. The largest absolute Gasteiger partial charge is 0.490 e. The SMILES string of the molecule is Cc1cc(N[C@H]2CCOc3c(F)cccc32)n2nc(C(F)(F)F)nc2n1. The van der Waals surface area contributed by atoms with Gasteiger partial charge in [0.05, 0.1) is 12.6 Å². The van der Waals surface area contributed by atoms with E-state index in [2.05, 4.69) is 20.4 Å². The summed E-state index contributed by atoms with van der Waals surface area (Å²) in [5.74, 6) is -1.47. The molecule has 136 valence electrons. The summed E-state index contributed by atoms with van der Waals surface area (Å²) in [6, 6.07) is 5.78. The maximum Gasteiger partial charge on any atom is 0.453 e. The molecule has 0 saturated carbocycles. The summed E-state index contributed by atoms with van der Waals surface area (Å²) in [6.07, 6.45) is -4.16. The third-order valence-electron chi connectivity index (χ3n) is 4.04. The van der Waals surface area contributed by atoms with E-state index in [4.69, 9.17) is 4.74 Å². The van der Waals surface area contributed by atoms with Crippen molar-refractivity contribution in [1.29, 1.82) is 0 Å². The minimum absolute atomic E-state index is 0.146. The first-order chi connectivity index (χ1) is 12.3. The number of aryl methyl sites for hydroxylation is 1. The average Bonchev–Trinajstić information content (AvgIpc) is 3.00. The van der Waals surface area contributed by atoms with Gasteiger partial charge in [-0.2, -0.15) is 22.7 Å². The monoisotopic (exact) mass is 367 g/mol. The second kappa shape index (κ2) is 5.82. The second-order valence-corrected chi connectivity index (χ2v) is 5.92. The van der Waals surface area contributed by atoms with E-state index in [1.807, 2.05) is 0 Å². The Labute approximate surface area is 144 Å². The van der Waals surface area contributed by atoms with Gasteiger partial charge < -0.3 is 10.1 Å². The number of rotatable bonds is 2. The van der Waals surface area contributed by atoms with E-state index >= 15 is 0 Å². The van der Waals surface area contributed by atoms with Gasteiger partial charge in [-0.15, -0.1) is 5.10 Å². The number of nitrogens with one attached hydrogen (secondary N) is 1. The normalized spacial score (nSPS) is 17.0.